The van der Waals surface area contributed by atoms with Gasteiger partial charge in [-0.2, -0.15) is 0 Å². The molecule has 1 heterocycles. The number of aromatic nitrogens is 3. The lowest BCUT2D eigenvalue weighted by molar-refractivity contribution is -0.116. The Balaban J connectivity index is 2.00. The van der Waals surface area contributed by atoms with Gasteiger partial charge in [-0.15, -0.1) is 5.10 Å². The van der Waals surface area contributed by atoms with E-state index >= 15 is 0 Å². The normalized spacial score (nSPS) is 10.3. The molecule has 1 aromatic carbocycles. The van der Waals surface area contributed by atoms with Gasteiger partial charge in [0.25, 0.3) is 0 Å². The molecule has 0 radical (unpaired) electrons. The Hall–Kier alpha value is -2.44. The molecule has 3 N–H and O–H groups in total. The summed E-state index contributed by atoms with van der Waals surface area (Å²) in [6.07, 6.45) is 1.35. The lowest BCUT2D eigenvalue weighted by Crippen LogP contribution is -2.19. The molecule has 18 heavy (non-hydrogen) atoms. The molecule has 2 aromatic rings. The first kappa shape index (κ1) is 12.0. The summed E-state index contributed by atoms with van der Waals surface area (Å²) < 4.78 is 14.6. The van der Waals surface area contributed by atoms with E-state index in [0.29, 0.717) is 11.3 Å². The van der Waals surface area contributed by atoms with Crippen molar-refractivity contribution in [2.75, 3.05) is 11.1 Å². The summed E-state index contributed by atoms with van der Waals surface area (Å²) in [5.74, 6) is -0.592. The molecule has 0 atom stereocenters. The summed E-state index contributed by atoms with van der Waals surface area (Å²) in [6, 6.07) is 4.49. The van der Waals surface area contributed by atoms with Crippen LogP contribution in [0.2, 0.25) is 0 Å². The number of halogens is 1. The fraction of sp³-hybridized carbons (Fsp3) is 0.182. The predicted octanol–water partition coefficient (Wildman–Crippen LogP) is 0.947. The topological polar surface area (TPSA) is 85.8 Å². The molecule has 0 aliphatic heterocycles. The Morgan fingerprint density at radius 3 is 2.94 bits per heavy atom. The van der Waals surface area contributed by atoms with Gasteiger partial charge >= 0.3 is 0 Å². The van der Waals surface area contributed by atoms with E-state index < -0.39 is 0 Å². The Labute approximate surface area is 103 Å². The maximum absolute atomic E-state index is 13.3. The van der Waals surface area contributed by atoms with E-state index in [9.17, 15) is 9.18 Å². The summed E-state index contributed by atoms with van der Waals surface area (Å²) >= 11 is 0. The van der Waals surface area contributed by atoms with Crippen LogP contribution in [0.5, 0.6) is 0 Å². The maximum Gasteiger partial charge on any atom is 0.246 e. The Morgan fingerprint density at radius 2 is 2.33 bits per heavy atom. The van der Waals surface area contributed by atoms with Crippen LogP contribution < -0.4 is 11.1 Å². The van der Waals surface area contributed by atoms with Crippen molar-refractivity contribution in [2.45, 2.75) is 13.5 Å². The van der Waals surface area contributed by atoms with Gasteiger partial charge in [-0.3, -0.25) is 4.79 Å². The Kier molecular flexibility index (Phi) is 3.22. The second-order valence-electron chi connectivity index (χ2n) is 3.81. The SMILES string of the molecule is Cc1ccc(NC(=O)Cn2cnc(N)n2)cc1F. The molecule has 0 aliphatic rings. The van der Waals surface area contributed by atoms with Crippen molar-refractivity contribution in [2.24, 2.45) is 0 Å². The van der Waals surface area contributed by atoms with E-state index in [1.54, 1.807) is 19.1 Å². The third-order valence-corrected chi connectivity index (χ3v) is 2.32. The number of hydrogen-bond donors (Lipinski definition) is 2. The minimum Gasteiger partial charge on any atom is -0.367 e. The Morgan fingerprint density at radius 1 is 1.56 bits per heavy atom. The maximum atomic E-state index is 13.3. The van der Waals surface area contributed by atoms with Crippen molar-refractivity contribution in [3.8, 4) is 0 Å². The third kappa shape index (κ3) is 2.82. The number of nitrogens with two attached hydrogens (primary N) is 1. The van der Waals surface area contributed by atoms with Crippen LogP contribution in [-0.4, -0.2) is 20.7 Å². The number of anilines is 2. The Bertz CT molecular complexity index is 581. The van der Waals surface area contributed by atoms with Crippen LogP contribution in [0, 0.1) is 12.7 Å². The minimum absolute atomic E-state index is 0.0281. The molecule has 1 amide bonds. The zero-order chi connectivity index (χ0) is 13.1. The van der Waals surface area contributed by atoms with E-state index in [4.69, 9.17) is 5.73 Å². The van der Waals surface area contributed by atoms with Gasteiger partial charge < -0.3 is 11.1 Å². The highest BCUT2D eigenvalue weighted by Gasteiger charge is 2.06. The number of carbonyl (C=O) groups excluding carboxylic acids is 1. The molecule has 0 fully saturated rings. The van der Waals surface area contributed by atoms with Crippen LogP contribution in [0.3, 0.4) is 0 Å². The van der Waals surface area contributed by atoms with Gasteiger partial charge in [0.2, 0.25) is 11.9 Å². The number of aryl methyl sites for hydroxylation is 1. The van der Waals surface area contributed by atoms with Gasteiger partial charge in [0.1, 0.15) is 18.7 Å². The van der Waals surface area contributed by atoms with Gasteiger partial charge in [-0.25, -0.2) is 14.1 Å². The van der Waals surface area contributed by atoms with Crippen molar-refractivity contribution in [1.82, 2.24) is 14.8 Å². The molecule has 7 heteroatoms. The van der Waals surface area contributed by atoms with E-state index in [-0.39, 0.29) is 24.2 Å². The fourth-order valence-electron chi connectivity index (χ4n) is 1.40. The van der Waals surface area contributed by atoms with E-state index in [1.165, 1.54) is 17.1 Å². The van der Waals surface area contributed by atoms with Crippen molar-refractivity contribution in [3.63, 3.8) is 0 Å². The zero-order valence-corrected chi connectivity index (χ0v) is 9.72. The van der Waals surface area contributed by atoms with Crippen molar-refractivity contribution in [1.29, 1.82) is 0 Å². The van der Waals surface area contributed by atoms with Gasteiger partial charge in [-0.1, -0.05) is 6.07 Å². The predicted molar refractivity (Wildman–Crippen MR) is 64.2 cm³/mol. The molecule has 1 aromatic heterocycles. The van der Waals surface area contributed by atoms with Gasteiger partial charge in [-0.05, 0) is 24.6 Å². The number of nitrogen functional groups attached to an aromatic ring is 1. The van der Waals surface area contributed by atoms with Crippen LogP contribution in [0.4, 0.5) is 16.0 Å². The lowest BCUT2D eigenvalue weighted by atomic mass is 10.2. The first-order chi connectivity index (χ1) is 8.54. The number of nitrogens with zero attached hydrogens (tertiary/aromatic N) is 3. The summed E-state index contributed by atoms with van der Waals surface area (Å²) in [7, 11) is 0. The standard InChI is InChI=1S/C11H12FN5O/c1-7-2-3-8(4-9(7)12)15-10(18)5-17-6-14-11(13)16-17/h2-4,6H,5H2,1H3,(H2,13,16)(H,15,18). The number of rotatable bonds is 3. The highest BCUT2D eigenvalue weighted by Crippen LogP contribution is 2.13. The summed E-state index contributed by atoms with van der Waals surface area (Å²) in [5, 5.41) is 6.33. The van der Waals surface area contributed by atoms with Crippen LogP contribution in [0.15, 0.2) is 24.5 Å². The molecule has 0 saturated heterocycles. The lowest BCUT2D eigenvalue weighted by Gasteiger charge is -2.06. The monoisotopic (exact) mass is 249 g/mol. The molecular weight excluding hydrogens is 237 g/mol. The highest BCUT2D eigenvalue weighted by atomic mass is 19.1. The molecule has 2 rings (SSSR count). The first-order valence-electron chi connectivity index (χ1n) is 5.25. The minimum atomic E-state index is -0.363. The molecule has 94 valence electrons. The molecule has 0 bridgehead atoms. The van der Waals surface area contributed by atoms with Gasteiger partial charge in [0, 0.05) is 5.69 Å². The largest absolute Gasteiger partial charge is 0.367 e. The number of carbonyl (C=O) groups is 1. The van der Waals surface area contributed by atoms with E-state index in [2.05, 4.69) is 15.4 Å². The fourth-order valence-corrected chi connectivity index (χ4v) is 1.40. The summed E-state index contributed by atoms with van der Waals surface area (Å²) in [6.45, 7) is 1.62. The molecule has 0 aliphatic carbocycles. The first-order valence-corrected chi connectivity index (χ1v) is 5.25. The van der Waals surface area contributed by atoms with Crippen LogP contribution in [0.25, 0.3) is 0 Å². The van der Waals surface area contributed by atoms with Crippen molar-refractivity contribution in [3.05, 3.63) is 35.9 Å². The molecule has 0 saturated carbocycles. The molecule has 0 spiro atoms. The number of benzene rings is 1. The van der Waals surface area contributed by atoms with E-state index in [1.807, 2.05) is 0 Å². The zero-order valence-electron chi connectivity index (χ0n) is 9.72. The summed E-state index contributed by atoms with van der Waals surface area (Å²) in [5.41, 5.74) is 6.24. The average Bonchev–Trinajstić information content (AvgIpc) is 2.69. The van der Waals surface area contributed by atoms with Crippen molar-refractivity contribution >= 4 is 17.5 Å². The number of nitrogens with one attached hydrogen (secondary N) is 1. The van der Waals surface area contributed by atoms with Crippen LogP contribution >= 0.6 is 0 Å². The van der Waals surface area contributed by atoms with Crippen molar-refractivity contribution < 1.29 is 9.18 Å². The quantitative estimate of drug-likeness (QED) is 0.847. The van der Waals surface area contributed by atoms with Gasteiger partial charge in [0.05, 0.1) is 0 Å². The molecule has 0 unspecified atom stereocenters. The number of hydrogen-bond acceptors (Lipinski definition) is 4. The summed E-state index contributed by atoms with van der Waals surface area (Å²) in [4.78, 5) is 15.3. The van der Waals surface area contributed by atoms with Crippen LogP contribution in [-0.2, 0) is 11.3 Å². The smallest absolute Gasteiger partial charge is 0.246 e. The van der Waals surface area contributed by atoms with Gasteiger partial charge in [0.15, 0.2) is 0 Å². The van der Waals surface area contributed by atoms with E-state index in [0.717, 1.165) is 0 Å². The molecular formula is C11H12FN5O. The third-order valence-electron chi connectivity index (χ3n) is 2.32. The number of amides is 1. The van der Waals surface area contributed by atoms with Crippen LogP contribution in [0.1, 0.15) is 5.56 Å². The highest BCUT2D eigenvalue weighted by molar-refractivity contribution is 5.90. The average molecular weight is 249 g/mol. The molecule has 6 nitrogen and oxygen atoms in total. The second kappa shape index (κ2) is 4.82. The second-order valence-corrected chi connectivity index (χ2v) is 3.81.